The number of aliphatic hydroxyl groups is 3. The molecule has 0 aliphatic heterocycles. The Morgan fingerprint density at radius 2 is 1.23 bits per heavy atom. The van der Waals surface area contributed by atoms with Crippen molar-refractivity contribution in [3.05, 3.63) is 0 Å². The standard InChI is InChI=1S/C5H13NO2.C3H8O.H3N/c1-6(2-4-7)3-5-8;1-2-3-4;/h7-8H,2-5H2,1H3;4H,2-3H2,1H3;1H3. The van der Waals surface area contributed by atoms with E-state index in [2.05, 4.69) is 0 Å². The van der Waals surface area contributed by atoms with Crippen molar-refractivity contribution in [1.82, 2.24) is 11.1 Å². The smallest absolute Gasteiger partial charge is 0.0558 e. The first kappa shape index (κ1) is 18.6. The van der Waals surface area contributed by atoms with E-state index in [4.69, 9.17) is 15.3 Å². The van der Waals surface area contributed by atoms with E-state index in [0.29, 0.717) is 19.7 Å². The Balaban J connectivity index is -0.000000173. The van der Waals surface area contributed by atoms with Gasteiger partial charge in [0.25, 0.3) is 0 Å². The van der Waals surface area contributed by atoms with Crippen molar-refractivity contribution in [3.63, 3.8) is 0 Å². The lowest BCUT2D eigenvalue weighted by molar-refractivity contribution is 0.184. The molecule has 0 aliphatic carbocycles. The molecule has 0 spiro atoms. The van der Waals surface area contributed by atoms with E-state index in [1.54, 1.807) is 0 Å². The van der Waals surface area contributed by atoms with Crippen molar-refractivity contribution in [2.75, 3.05) is 40.0 Å². The number of hydrogen-bond acceptors (Lipinski definition) is 5. The molecular formula is C8H24N2O3. The Labute approximate surface area is 80.6 Å². The van der Waals surface area contributed by atoms with Gasteiger partial charge in [0, 0.05) is 19.7 Å². The summed E-state index contributed by atoms with van der Waals surface area (Å²) in [4.78, 5) is 1.86. The van der Waals surface area contributed by atoms with Crippen molar-refractivity contribution in [3.8, 4) is 0 Å². The average Bonchev–Trinajstić information content (AvgIpc) is 2.06. The molecule has 0 rings (SSSR count). The van der Waals surface area contributed by atoms with E-state index in [9.17, 15) is 0 Å². The van der Waals surface area contributed by atoms with Crippen molar-refractivity contribution in [1.29, 1.82) is 0 Å². The van der Waals surface area contributed by atoms with Gasteiger partial charge in [0.15, 0.2) is 0 Å². The predicted molar refractivity (Wildman–Crippen MR) is 54.1 cm³/mol. The topological polar surface area (TPSA) is 98.9 Å². The SMILES string of the molecule is CCCO.CN(CCO)CCO.N. The molecule has 0 aromatic carbocycles. The van der Waals surface area contributed by atoms with Gasteiger partial charge in [0.05, 0.1) is 13.2 Å². The van der Waals surface area contributed by atoms with Gasteiger partial charge < -0.3 is 26.4 Å². The summed E-state index contributed by atoms with van der Waals surface area (Å²) in [7, 11) is 1.85. The highest BCUT2D eigenvalue weighted by molar-refractivity contribution is 4.45. The zero-order chi connectivity index (χ0) is 9.82. The van der Waals surface area contributed by atoms with Crippen LogP contribution in [0.1, 0.15) is 13.3 Å². The van der Waals surface area contributed by atoms with Gasteiger partial charge in [-0.2, -0.15) is 0 Å². The van der Waals surface area contributed by atoms with Gasteiger partial charge >= 0.3 is 0 Å². The average molecular weight is 196 g/mol. The number of aliphatic hydroxyl groups excluding tert-OH is 3. The molecule has 5 nitrogen and oxygen atoms in total. The second-order valence-electron chi connectivity index (χ2n) is 2.47. The van der Waals surface area contributed by atoms with Gasteiger partial charge in [-0.05, 0) is 13.5 Å². The van der Waals surface area contributed by atoms with Crippen LogP contribution in [0.25, 0.3) is 0 Å². The number of rotatable bonds is 5. The van der Waals surface area contributed by atoms with E-state index < -0.39 is 0 Å². The molecule has 0 aromatic rings. The molecule has 0 aliphatic rings. The molecule has 13 heavy (non-hydrogen) atoms. The lowest BCUT2D eigenvalue weighted by Gasteiger charge is -2.11. The third-order valence-electron chi connectivity index (χ3n) is 1.19. The summed E-state index contributed by atoms with van der Waals surface area (Å²) in [5, 5.41) is 24.6. The number of likely N-dealkylation sites (N-methyl/N-ethyl adjacent to an activating group) is 1. The Bertz CT molecular complexity index is 66.4. The van der Waals surface area contributed by atoms with E-state index in [1.807, 2.05) is 18.9 Å². The fourth-order valence-electron chi connectivity index (χ4n) is 0.453. The maximum Gasteiger partial charge on any atom is 0.0558 e. The fraction of sp³-hybridized carbons (Fsp3) is 1.00. The minimum absolute atomic E-state index is 0. The highest BCUT2D eigenvalue weighted by Gasteiger charge is 1.91. The molecule has 84 valence electrons. The molecule has 0 saturated carbocycles. The summed E-state index contributed by atoms with van der Waals surface area (Å²) in [5.74, 6) is 0. The highest BCUT2D eigenvalue weighted by atomic mass is 16.3. The zero-order valence-electron chi connectivity index (χ0n) is 8.74. The zero-order valence-corrected chi connectivity index (χ0v) is 8.74. The summed E-state index contributed by atoms with van der Waals surface area (Å²) in [5.41, 5.74) is 0. The number of nitrogens with zero attached hydrogens (tertiary/aromatic N) is 1. The Hall–Kier alpha value is -0.200. The summed E-state index contributed by atoms with van der Waals surface area (Å²) in [6, 6.07) is 0. The normalized spacial score (nSPS) is 8.77. The van der Waals surface area contributed by atoms with Gasteiger partial charge in [0.2, 0.25) is 0 Å². The molecule has 0 unspecified atom stereocenters. The van der Waals surface area contributed by atoms with Crippen LogP contribution in [0.15, 0.2) is 0 Å². The largest absolute Gasteiger partial charge is 0.396 e. The molecule has 0 aromatic heterocycles. The molecule has 0 radical (unpaired) electrons. The summed E-state index contributed by atoms with van der Waals surface area (Å²) in [6.07, 6.45) is 0.875. The van der Waals surface area contributed by atoms with Crippen LogP contribution in [-0.2, 0) is 0 Å². The molecule has 0 heterocycles. The monoisotopic (exact) mass is 196 g/mol. The van der Waals surface area contributed by atoms with Crippen LogP contribution < -0.4 is 6.15 Å². The van der Waals surface area contributed by atoms with Gasteiger partial charge in [-0.25, -0.2) is 0 Å². The predicted octanol–water partition coefficient (Wildman–Crippen LogP) is -0.546. The molecule has 5 heteroatoms. The lowest BCUT2D eigenvalue weighted by Crippen LogP contribution is -2.25. The summed E-state index contributed by atoms with van der Waals surface area (Å²) in [6.45, 7) is 3.86. The molecule has 0 fully saturated rings. The van der Waals surface area contributed by atoms with Crippen LogP contribution in [0.5, 0.6) is 0 Å². The van der Waals surface area contributed by atoms with Crippen molar-refractivity contribution in [2.45, 2.75) is 13.3 Å². The maximum absolute atomic E-state index is 8.34. The van der Waals surface area contributed by atoms with E-state index in [-0.39, 0.29) is 19.4 Å². The minimum Gasteiger partial charge on any atom is -0.396 e. The Morgan fingerprint density at radius 1 is 0.923 bits per heavy atom. The van der Waals surface area contributed by atoms with Crippen LogP contribution in [0, 0.1) is 0 Å². The lowest BCUT2D eigenvalue weighted by atomic mass is 10.5. The van der Waals surface area contributed by atoms with Gasteiger partial charge in [-0.3, -0.25) is 0 Å². The van der Waals surface area contributed by atoms with Crippen LogP contribution >= 0.6 is 0 Å². The van der Waals surface area contributed by atoms with Gasteiger partial charge in [0.1, 0.15) is 0 Å². The summed E-state index contributed by atoms with van der Waals surface area (Å²) < 4.78 is 0. The molecule has 0 bridgehead atoms. The van der Waals surface area contributed by atoms with Gasteiger partial charge in [-0.1, -0.05) is 6.92 Å². The van der Waals surface area contributed by atoms with Crippen molar-refractivity contribution in [2.24, 2.45) is 0 Å². The van der Waals surface area contributed by atoms with Crippen LogP contribution in [0.2, 0.25) is 0 Å². The van der Waals surface area contributed by atoms with Crippen LogP contribution in [0.4, 0.5) is 0 Å². The first-order valence-electron chi connectivity index (χ1n) is 4.24. The molecule has 0 amide bonds. The maximum atomic E-state index is 8.34. The third-order valence-corrected chi connectivity index (χ3v) is 1.19. The van der Waals surface area contributed by atoms with Crippen LogP contribution in [-0.4, -0.2) is 60.2 Å². The highest BCUT2D eigenvalue weighted by Crippen LogP contribution is 1.76. The van der Waals surface area contributed by atoms with Crippen LogP contribution in [0.3, 0.4) is 0 Å². The van der Waals surface area contributed by atoms with E-state index in [1.165, 1.54) is 0 Å². The second kappa shape index (κ2) is 17.8. The quantitative estimate of drug-likeness (QED) is 0.473. The first-order chi connectivity index (χ1) is 5.72. The fourth-order valence-corrected chi connectivity index (χ4v) is 0.453. The van der Waals surface area contributed by atoms with Crippen molar-refractivity contribution >= 4 is 0 Å². The number of hydrogen-bond donors (Lipinski definition) is 4. The van der Waals surface area contributed by atoms with E-state index >= 15 is 0 Å². The first-order valence-corrected chi connectivity index (χ1v) is 4.24. The summed E-state index contributed by atoms with van der Waals surface area (Å²) >= 11 is 0. The van der Waals surface area contributed by atoms with Gasteiger partial charge in [-0.15, -0.1) is 0 Å². The molecule has 0 atom stereocenters. The molecular weight excluding hydrogens is 172 g/mol. The minimum atomic E-state index is 0. The Morgan fingerprint density at radius 3 is 1.38 bits per heavy atom. The third kappa shape index (κ3) is 24.5. The Kier molecular flexibility index (Phi) is 25.4. The molecule has 6 N–H and O–H groups in total. The second-order valence-corrected chi connectivity index (χ2v) is 2.47. The van der Waals surface area contributed by atoms with Crippen molar-refractivity contribution < 1.29 is 15.3 Å². The van der Waals surface area contributed by atoms with E-state index in [0.717, 1.165) is 6.42 Å². The molecule has 0 saturated heterocycles.